The molecule has 174 valence electrons. The van der Waals surface area contributed by atoms with Crippen LogP contribution in [0.4, 0.5) is 0 Å². The molecule has 3 unspecified atom stereocenters. The van der Waals surface area contributed by atoms with Gasteiger partial charge in [0.05, 0.1) is 6.61 Å². The average Bonchev–Trinajstić information content (AvgIpc) is 2.76. The molecule has 11 heteroatoms. The van der Waals surface area contributed by atoms with Crippen LogP contribution in [0.15, 0.2) is 30.3 Å². The zero-order valence-electron chi connectivity index (χ0n) is 16.6. The molecule has 7 atom stereocenters. The maximum Gasteiger partial charge on any atom is 0.187 e. The summed E-state index contributed by atoms with van der Waals surface area (Å²) in [5.41, 5.74) is 0.667. The highest BCUT2D eigenvalue weighted by molar-refractivity contribution is 5.52. The standard InChI is InChI=1S/C21H24O11/c22-7-16-17(27)18(28)19(29)21(32-16)31-15-6-10-12(25)4-9(23)5-14(10)30-20(15)8-1-2-11(24)13(26)3-8/h1-5,15-29H,6-7H2/t15-,16?,17-,18?,19?,20-,21-/m1/s1. The van der Waals surface area contributed by atoms with Crippen LogP contribution in [0.25, 0.3) is 0 Å². The van der Waals surface area contributed by atoms with E-state index in [1.807, 2.05) is 0 Å². The van der Waals surface area contributed by atoms with Crippen LogP contribution in [0.3, 0.4) is 0 Å². The molecule has 0 saturated carbocycles. The summed E-state index contributed by atoms with van der Waals surface area (Å²) in [6, 6.07) is 6.38. The fourth-order valence-electron chi connectivity index (χ4n) is 3.92. The third-order valence-corrected chi connectivity index (χ3v) is 5.65. The minimum absolute atomic E-state index is 0.0166. The lowest BCUT2D eigenvalue weighted by Crippen LogP contribution is -2.60. The van der Waals surface area contributed by atoms with E-state index in [0.717, 1.165) is 6.07 Å². The van der Waals surface area contributed by atoms with Crippen LogP contribution in [0.5, 0.6) is 28.7 Å². The highest BCUT2D eigenvalue weighted by atomic mass is 16.7. The molecular formula is C21H24O11. The van der Waals surface area contributed by atoms with Gasteiger partial charge in [-0.1, -0.05) is 6.07 Å². The van der Waals surface area contributed by atoms with Gasteiger partial charge in [-0.3, -0.25) is 0 Å². The minimum atomic E-state index is -1.66. The number of hydrogen-bond acceptors (Lipinski definition) is 11. The molecule has 11 nitrogen and oxygen atoms in total. The Kier molecular flexibility index (Phi) is 6.03. The van der Waals surface area contributed by atoms with E-state index in [1.165, 1.54) is 24.3 Å². The van der Waals surface area contributed by atoms with Crippen LogP contribution >= 0.6 is 0 Å². The second-order valence-electron chi connectivity index (χ2n) is 7.80. The van der Waals surface area contributed by atoms with Gasteiger partial charge in [-0.25, -0.2) is 0 Å². The van der Waals surface area contributed by atoms with Crippen LogP contribution in [0.1, 0.15) is 17.2 Å². The topological polar surface area (TPSA) is 190 Å². The first-order valence-corrected chi connectivity index (χ1v) is 9.89. The van der Waals surface area contributed by atoms with Gasteiger partial charge in [0.25, 0.3) is 0 Å². The molecule has 2 aromatic carbocycles. The zero-order valence-corrected chi connectivity index (χ0v) is 16.6. The number of hydrogen-bond donors (Lipinski definition) is 8. The number of rotatable bonds is 4. The van der Waals surface area contributed by atoms with Crippen molar-refractivity contribution in [3.8, 4) is 28.7 Å². The molecular weight excluding hydrogens is 428 g/mol. The number of ether oxygens (including phenoxy) is 3. The van der Waals surface area contributed by atoms with Crippen molar-refractivity contribution in [3.63, 3.8) is 0 Å². The van der Waals surface area contributed by atoms with Gasteiger partial charge in [-0.2, -0.15) is 0 Å². The number of aromatic hydroxyl groups is 4. The Labute approximate surface area is 181 Å². The van der Waals surface area contributed by atoms with Crippen LogP contribution in [0.2, 0.25) is 0 Å². The van der Waals surface area contributed by atoms with Gasteiger partial charge in [-0.05, 0) is 17.7 Å². The van der Waals surface area contributed by atoms with Gasteiger partial charge >= 0.3 is 0 Å². The lowest BCUT2D eigenvalue weighted by Gasteiger charge is -2.43. The van der Waals surface area contributed by atoms with Gasteiger partial charge in [0.2, 0.25) is 0 Å². The fraction of sp³-hybridized carbons (Fsp3) is 0.429. The van der Waals surface area contributed by atoms with Crippen LogP contribution in [-0.2, 0) is 15.9 Å². The van der Waals surface area contributed by atoms with E-state index >= 15 is 0 Å². The third kappa shape index (κ3) is 4.01. The van der Waals surface area contributed by atoms with E-state index in [0.29, 0.717) is 11.1 Å². The second-order valence-corrected chi connectivity index (χ2v) is 7.80. The summed E-state index contributed by atoms with van der Waals surface area (Å²) in [5.74, 6) is -1.10. The molecule has 2 aliphatic heterocycles. The molecule has 2 heterocycles. The number of benzene rings is 2. The van der Waals surface area contributed by atoms with Gasteiger partial charge in [-0.15, -0.1) is 0 Å². The maximum absolute atomic E-state index is 10.3. The highest BCUT2D eigenvalue weighted by Gasteiger charge is 2.46. The summed E-state index contributed by atoms with van der Waals surface area (Å²) in [5, 5.41) is 79.4. The Bertz CT molecular complexity index is 978. The third-order valence-electron chi connectivity index (χ3n) is 5.65. The second kappa shape index (κ2) is 8.62. The van der Waals surface area contributed by atoms with Crippen molar-refractivity contribution in [2.75, 3.05) is 6.61 Å². The lowest BCUT2D eigenvalue weighted by atomic mass is 9.93. The number of aliphatic hydroxyl groups excluding tert-OH is 4. The Balaban J connectivity index is 1.68. The van der Waals surface area contributed by atoms with Crippen molar-refractivity contribution in [2.24, 2.45) is 0 Å². The van der Waals surface area contributed by atoms with E-state index in [4.69, 9.17) is 14.2 Å². The average molecular weight is 452 g/mol. The molecule has 4 rings (SSSR count). The number of phenolic OH excluding ortho intramolecular Hbond substituents is 4. The molecule has 0 aromatic heterocycles. The molecule has 0 aliphatic carbocycles. The van der Waals surface area contributed by atoms with E-state index < -0.39 is 55.3 Å². The van der Waals surface area contributed by atoms with E-state index in [2.05, 4.69) is 0 Å². The monoisotopic (exact) mass is 452 g/mol. The molecule has 32 heavy (non-hydrogen) atoms. The summed E-state index contributed by atoms with van der Waals surface area (Å²) < 4.78 is 17.2. The van der Waals surface area contributed by atoms with Gasteiger partial charge < -0.3 is 55.1 Å². The molecule has 2 aromatic rings. The SMILES string of the molecule is OCC1O[C@@H](O[C@@H]2Cc3c(O)cc(O)cc3O[C@@H]2c2ccc(O)c(O)c2)C(O)C(O)[C@@H]1O. The Morgan fingerprint density at radius 1 is 0.875 bits per heavy atom. The van der Waals surface area contributed by atoms with Crippen molar-refractivity contribution in [1.82, 2.24) is 0 Å². The molecule has 0 radical (unpaired) electrons. The number of fused-ring (bicyclic) bond motifs is 1. The normalized spacial score (nSPS) is 32.2. The maximum atomic E-state index is 10.3. The smallest absolute Gasteiger partial charge is 0.187 e. The highest BCUT2D eigenvalue weighted by Crippen LogP contribution is 2.44. The van der Waals surface area contributed by atoms with E-state index in [1.54, 1.807) is 0 Å². The molecule has 0 bridgehead atoms. The molecule has 8 N–H and O–H groups in total. The molecule has 1 saturated heterocycles. The Hall–Kier alpha value is -2.80. The summed E-state index contributed by atoms with van der Waals surface area (Å²) in [6.45, 7) is -0.635. The molecule has 1 fully saturated rings. The van der Waals surface area contributed by atoms with Gasteiger partial charge in [0, 0.05) is 24.1 Å². The van der Waals surface area contributed by atoms with Crippen LogP contribution < -0.4 is 4.74 Å². The number of aliphatic hydroxyl groups is 4. The molecule has 2 aliphatic rings. The lowest BCUT2D eigenvalue weighted by molar-refractivity contribution is -0.317. The first kappa shape index (κ1) is 22.4. The largest absolute Gasteiger partial charge is 0.508 e. The summed E-state index contributed by atoms with van der Waals surface area (Å²) in [6.07, 6.45) is -9.41. The van der Waals surface area contributed by atoms with Crippen molar-refractivity contribution in [1.29, 1.82) is 0 Å². The van der Waals surface area contributed by atoms with Crippen molar-refractivity contribution < 1.29 is 55.1 Å². The van der Waals surface area contributed by atoms with Crippen molar-refractivity contribution in [2.45, 2.75) is 49.3 Å². The zero-order chi connectivity index (χ0) is 23.2. The first-order chi connectivity index (χ1) is 15.2. The predicted octanol–water partition coefficient (Wildman–Crippen LogP) is -0.630. The molecule has 0 spiro atoms. The Morgan fingerprint density at radius 2 is 1.62 bits per heavy atom. The summed E-state index contributed by atoms with van der Waals surface area (Å²) in [4.78, 5) is 0. The van der Waals surface area contributed by atoms with Crippen LogP contribution in [0, 0.1) is 0 Å². The van der Waals surface area contributed by atoms with Crippen molar-refractivity contribution in [3.05, 3.63) is 41.5 Å². The summed E-state index contributed by atoms with van der Waals surface area (Å²) in [7, 11) is 0. The first-order valence-electron chi connectivity index (χ1n) is 9.89. The summed E-state index contributed by atoms with van der Waals surface area (Å²) >= 11 is 0. The minimum Gasteiger partial charge on any atom is -0.508 e. The fourth-order valence-corrected chi connectivity index (χ4v) is 3.92. The number of phenols is 4. The predicted molar refractivity (Wildman–Crippen MR) is 105 cm³/mol. The quantitative estimate of drug-likeness (QED) is 0.276. The molecule has 0 amide bonds. The van der Waals surface area contributed by atoms with Gasteiger partial charge in [0.15, 0.2) is 23.9 Å². The van der Waals surface area contributed by atoms with Crippen LogP contribution in [-0.4, -0.2) is 84.3 Å². The van der Waals surface area contributed by atoms with Gasteiger partial charge in [0.1, 0.15) is 47.8 Å². The van der Waals surface area contributed by atoms with Crippen molar-refractivity contribution >= 4 is 0 Å². The Morgan fingerprint density at radius 3 is 2.31 bits per heavy atom. The van der Waals surface area contributed by atoms with E-state index in [-0.39, 0.29) is 29.4 Å². The van der Waals surface area contributed by atoms with E-state index in [9.17, 15) is 40.9 Å².